The number of nitrogens with one attached hydrogen (secondary N) is 2. The fraction of sp³-hybridized carbons (Fsp3) is 0.0714. The first-order valence-corrected chi connectivity index (χ1v) is 5.62. The first kappa shape index (κ1) is 15.3. The second-order valence-electron chi connectivity index (χ2n) is 3.98. The number of rotatable bonds is 3. The third kappa shape index (κ3) is 3.63. The minimum Gasteiger partial charge on any atom is -0.379 e. The maximum atomic E-state index is 4.09. The molecule has 0 aliphatic rings. The molecule has 0 aliphatic carbocycles. The van der Waals surface area contributed by atoms with Gasteiger partial charge in [-0.2, -0.15) is 0 Å². The van der Waals surface area contributed by atoms with Crippen molar-refractivity contribution >= 4 is 41.4 Å². The highest BCUT2D eigenvalue weighted by molar-refractivity contribution is 5.85. The summed E-state index contributed by atoms with van der Waals surface area (Å²) in [7, 11) is 0. The molecule has 0 unspecified atom stereocenters. The van der Waals surface area contributed by atoms with E-state index in [1.54, 1.807) is 0 Å². The molecule has 0 spiro atoms. The smallest absolute Gasteiger partial charge is 0.0643 e. The van der Waals surface area contributed by atoms with Crippen molar-refractivity contribution in [2.45, 2.75) is 6.54 Å². The second kappa shape index (κ2) is 7.02. The summed E-state index contributed by atoms with van der Waals surface area (Å²) in [5.41, 5.74) is 3.37. The van der Waals surface area contributed by atoms with Gasteiger partial charge in [-0.15, -0.1) is 24.8 Å². The average Bonchev–Trinajstić information content (AvgIpc) is 2.80. The van der Waals surface area contributed by atoms with Crippen LogP contribution in [-0.2, 0) is 6.54 Å². The Hall–Kier alpha value is -1.71. The number of nitrogens with zero attached hydrogens (tertiary/aromatic N) is 1. The van der Waals surface area contributed by atoms with Gasteiger partial charge in [0.05, 0.1) is 18.3 Å². The minimum atomic E-state index is 0. The Balaban J connectivity index is 0.000000902. The summed E-state index contributed by atoms with van der Waals surface area (Å²) in [6.07, 6.45) is 3.66. The maximum Gasteiger partial charge on any atom is 0.0643 e. The lowest BCUT2D eigenvalue weighted by atomic mass is 10.3. The summed E-state index contributed by atoms with van der Waals surface area (Å²) in [4.78, 5) is 7.43. The van der Waals surface area contributed by atoms with Crippen molar-refractivity contribution in [2.24, 2.45) is 0 Å². The first-order chi connectivity index (χ1) is 8.42. The predicted molar refractivity (Wildman–Crippen MR) is 84.4 cm³/mol. The Morgan fingerprint density at radius 3 is 2.58 bits per heavy atom. The van der Waals surface area contributed by atoms with E-state index in [0.29, 0.717) is 0 Å². The summed E-state index contributed by atoms with van der Waals surface area (Å²) in [6.45, 7) is 0.790. The molecule has 3 nitrogen and oxygen atoms in total. The molecule has 0 amide bonds. The number of pyridine rings is 1. The Morgan fingerprint density at radius 1 is 1.05 bits per heavy atom. The molecule has 100 valence electrons. The van der Waals surface area contributed by atoms with Gasteiger partial charge in [0.25, 0.3) is 0 Å². The largest absolute Gasteiger partial charge is 0.379 e. The lowest BCUT2D eigenvalue weighted by molar-refractivity contribution is 1.08. The van der Waals surface area contributed by atoms with E-state index < -0.39 is 0 Å². The van der Waals surface area contributed by atoms with E-state index in [1.807, 2.05) is 36.7 Å². The molecule has 0 saturated heterocycles. The van der Waals surface area contributed by atoms with Crippen LogP contribution in [0, 0.1) is 0 Å². The maximum absolute atomic E-state index is 4.09. The Labute approximate surface area is 124 Å². The van der Waals surface area contributed by atoms with Gasteiger partial charge >= 0.3 is 0 Å². The second-order valence-corrected chi connectivity index (χ2v) is 3.98. The number of H-pyrrole nitrogens is 1. The molecule has 2 aromatic heterocycles. The van der Waals surface area contributed by atoms with Gasteiger partial charge in [-0.3, -0.25) is 4.98 Å². The van der Waals surface area contributed by atoms with Gasteiger partial charge in [-0.25, -0.2) is 0 Å². The van der Waals surface area contributed by atoms with Crippen LogP contribution in [0.1, 0.15) is 5.69 Å². The molecular formula is C14H15Cl2N3. The molecule has 0 atom stereocenters. The predicted octanol–water partition coefficient (Wildman–Crippen LogP) is 4.02. The van der Waals surface area contributed by atoms with Crippen LogP contribution < -0.4 is 5.32 Å². The van der Waals surface area contributed by atoms with E-state index in [4.69, 9.17) is 0 Å². The summed E-state index contributed by atoms with van der Waals surface area (Å²) < 4.78 is 0. The molecule has 0 bridgehead atoms. The molecule has 3 rings (SSSR count). The number of fused-ring (bicyclic) bond motifs is 1. The van der Waals surface area contributed by atoms with Crippen molar-refractivity contribution in [2.75, 3.05) is 5.32 Å². The number of aromatic nitrogens is 2. The van der Waals surface area contributed by atoms with Crippen molar-refractivity contribution < 1.29 is 0 Å². The first-order valence-electron chi connectivity index (χ1n) is 5.62. The standard InChI is InChI=1S/C14H13N3.2ClH/c1-2-4-12(5-3-1)16-9-13-8-11-6-7-15-10-14(11)17-13;;/h1-8,10,16-17H,9H2;2*1H. The zero-order chi connectivity index (χ0) is 11.5. The van der Waals surface area contributed by atoms with Gasteiger partial charge in [-0.05, 0) is 24.3 Å². The zero-order valence-corrected chi connectivity index (χ0v) is 11.8. The van der Waals surface area contributed by atoms with Gasteiger partial charge in [0, 0.05) is 23.0 Å². The fourth-order valence-corrected chi connectivity index (χ4v) is 1.88. The average molecular weight is 296 g/mol. The summed E-state index contributed by atoms with van der Waals surface area (Å²) in [6, 6.07) is 14.3. The zero-order valence-electron chi connectivity index (χ0n) is 10.2. The number of halogens is 2. The van der Waals surface area contributed by atoms with Gasteiger partial charge in [0.2, 0.25) is 0 Å². The molecule has 2 heterocycles. The van der Waals surface area contributed by atoms with Crippen molar-refractivity contribution in [1.29, 1.82) is 0 Å². The third-order valence-electron chi connectivity index (χ3n) is 2.74. The molecule has 0 radical (unpaired) electrons. The summed E-state index contributed by atoms with van der Waals surface area (Å²) in [5, 5.41) is 4.57. The Bertz CT molecular complexity index is 590. The molecule has 0 saturated carbocycles. The van der Waals surface area contributed by atoms with Crippen LogP contribution in [0.3, 0.4) is 0 Å². The number of para-hydroxylation sites is 1. The van der Waals surface area contributed by atoms with Crippen LogP contribution >= 0.6 is 24.8 Å². The number of aromatic amines is 1. The van der Waals surface area contributed by atoms with E-state index in [1.165, 1.54) is 5.39 Å². The van der Waals surface area contributed by atoms with E-state index >= 15 is 0 Å². The van der Waals surface area contributed by atoms with Gasteiger partial charge in [-0.1, -0.05) is 18.2 Å². The van der Waals surface area contributed by atoms with Gasteiger partial charge in [0.15, 0.2) is 0 Å². The number of hydrogen-bond acceptors (Lipinski definition) is 2. The van der Waals surface area contributed by atoms with E-state index in [9.17, 15) is 0 Å². The van der Waals surface area contributed by atoms with Gasteiger partial charge < -0.3 is 10.3 Å². The highest BCUT2D eigenvalue weighted by Crippen LogP contribution is 2.14. The number of anilines is 1. The molecule has 19 heavy (non-hydrogen) atoms. The summed E-state index contributed by atoms with van der Waals surface area (Å²) >= 11 is 0. The monoisotopic (exact) mass is 295 g/mol. The van der Waals surface area contributed by atoms with Crippen molar-refractivity contribution in [3.63, 3.8) is 0 Å². The normalized spacial score (nSPS) is 9.47. The molecule has 2 N–H and O–H groups in total. The highest BCUT2D eigenvalue weighted by atomic mass is 35.5. The quantitative estimate of drug-likeness (QED) is 0.766. The molecule has 1 aromatic carbocycles. The van der Waals surface area contributed by atoms with E-state index in [0.717, 1.165) is 23.4 Å². The Kier molecular flexibility index (Phi) is 5.67. The molecule has 0 aliphatic heterocycles. The fourth-order valence-electron chi connectivity index (χ4n) is 1.88. The van der Waals surface area contributed by atoms with Crippen LogP contribution in [0.4, 0.5) is 5.69 Å². The van der Waals surface area contributed by atoms with Crippen LogP contribution in [0.15, 0.2) is 54.9 Å². The number of hydrogen-bond donors (Lipinski definition) is 2. The topological polar surface area (TPSA) is 40.7 Å². The highest BCUT2D eigenvalue weighted by Gasteiger charge is 1.99. The van der Waals surface area contributed by atoms with Crippen molar-refractivity contribution in [1.82, 2.24) is 9.97 Å². The van der Waals surface area contributed by atoms with Gasteiger partial charge in [0.1, 0.15) is 0 Å². The van der Waals surface area contributed by atoms with Crippen LogP contribution in [0.5, 0.6) is 0 Å². The van der Waals surface area contributed by atoms with Crippen LogP contribution in [-0.4, -0.2) is 9.97 Å². The van der Waals surface area contributed by atoms with Crippen LogP contribution in [0.25, 0.3) is 10.9 Å². The SMILES string of the molecule is Cl.Cl.c1ccc(NCc2cc3ccncc3[nH]2)cc1. The van der Waals surface area contributed by atoms with E-state index in [2.05, 4.69) is 33.5 Å². The lowest BCUT2D eigenvalue weighted by Crippen LogP contribution is -1.98. The minimum absolute atomic E-state index is 0. The van der Waals surface area contributed by atoms with E-state index in [-0.39, 0.29) is 24.8 Å². The number of benzene rings is 1. The van der Waals surface area contributed by atoms with Crippen molar-refractivity contribution in [3.8, 4) is 0 Å². The summed E-state index contributed by atoms with van der Waals surface area (Å²) in [5.74, 6) is 0. The molecule has 3 aromatic rings. The van der Waals surface area contributed by atoms with Crippen LogP contribution in [0.2, 0.25) is 0 Å². The third-order valence-corrected chi connectivity index (χ3v) is 2.74. The Morgan fingerprint density at radius 2 is 1.84 bits per heavy atom. The molecular weight excluding hydrogens is 281 g/mol. The van der Waals surface area contributed by atoms with Crippen molar-refractivity contribution in [3.05, 3.63) is 60.6 Å². The lowest BCUT2D eigenvalue weighted by Gasteiger charge is -2.03. The molecule has 5 heteroatoms. The molecule has 0 fully saturated rings.